The minimum absolute atomic E-state index is 0.0149. The van der Waals surface area contributed by atoms with Crippen LogP contribution in [0.15, 0.2) is 47.4 Å². The molecule has 0 saturated carbocycles. The third-order valence-electron chi connectivity index (χ3n) is 3.92. The van der Waals surface area contributed by atoms with Crippen LogP contribution >= 0.6 is 0 Å². The van der Waals surface area contributed by atoms with E-state index in [4.69, 9.17) is 4.42 Å². The number of furan rings is 1. The van der Waals surface area contributed by atoms with Crippen molar-refractivity contribution < 1.29 is 9.21 Å². The van der Waals surface area contributed by atoms with Crippen LogP contribution in [-0.4, -0.2) is 31.9 Å². The zero-order chi connectivity index (χ0) is 14.2. The number of hydrogen-bond acceptors (Lipinski definition) is 4. The van der Waals surface area contributed by atoms with Gasteiger partial charge in [0, 0.05) is 12.7 Å². The topological polar surface area (TPSA) is 63.6 Å². The molecule has 0 spiro atoms. The Morgan fingerprint density at radius 1 is 1.29 bits per heavy atom. The summed E-state index contributed by atoms with van der Waals surface area (Å²) in [6, 6.07) is 7.44. The average Bonchev–Trinajstić information content (AvgIpc) is 3.25. The zero-order valence-electron chi connectivity index (χ0n) is 11.3. The van der Waals surface area contributed by atoms with Crippen LogP contribution in [0.25, 0.3) is 5.65 Å². The quantitative estimate of drug-likeness (QED) is 0.723. The molecule has 4 rings (SSSR count). The maximum atomic E-state index is 12.6. The molecule has 6 nitrogen and oxygen atoms in total. The summed E-state index contributed by atoms with van der Waals surface area (Å²) in [5.41, 5.74) is 1.38. The largest absolute Gasteiger partial charge is 0.472 e. The lowest BCUT2D eigenvalue weighted by Gasteiger charge is -2.22. The molecule has 3 aromatic heterocycles. The number of carbonyl (C=O) groups excluding carboxylic acids is 1. The fourth-order valence-corrected chi connectivity index (χ4v) is 2.92. The Balaban J connectivity index is 1.72. The van der Waals surface area contributed by atoms with Crippen LogP contribution < -0.4 is 0 Å². The summed E-state index contributed by atoms with van der Waals surface area (Å²) in [5, 5.41) is 8.46. The summed E-state index contributed by atoms with van der Waals surface area (Å²) in [6.07, 6.45) is 6.81. The van der Waals surface area contributed by atoms with E-state index in [-0.39, 0.29) is 11.9 Å². The van der Waals surface area contributed by atoms with Crippen molar-refractivity contribution in [3.8, 4) is 0 Å². The molecule has 1 saturated heterocycles. The van der Waals surface area contributed by atoms with Gasteiger partial charge in [0.05, 0.1) is 17.9 Å². The molecule has 1 amide bonds. The second-order valence-electron chi connectivity index (χ2n) is 5.16. The molecule has 3 aromatic rings. The van der Waals surface area contributed by atoms with Crippen molar-refractivity contribution in [1.29, 1.82) is 0 Å². The molecule has 4 heterocycles. The summed E-state index contributed by atoms with van der Waals surface area (Å²) in [7, 11) is 0. The highest BCUT2D eigenvalue weighted by Gasteiger charge is 2.33. The fraction of sp³-hybridized carbons (Fsp3) is 0.267. The van der Waals surface area contributed by atoms with Crippen LogP contribution in [0.5, 0.6) is 0 Å². The van der Waals surface area contributed by atoms with Gasteiger partial charge in [-0.25, -0.2) is 0 Å². The van der Waals surface area contributed by atoms with E-state index in [1.807, 2.05) is 33.7 Å². The van der Waals surface area contributed by atoms with E-state index in [1.54, 1.807) is 6.07 Å². The first-order valence-electron chi connectivity index (χ1n) is 6.97. The lowest BCUT2D eigenvalue weighted by Crippen LogP contribution is -2.31. The molecule has 21 heavy (non-hydrogen) atoms. The molecule has 1 aliphatic heterocycles. The summed E-state index contributed by atoms with van der Waals surface area (Å²) in [4.78, 5) is 14.4. The van der Waals surface area contributed by atoms with E-state index in [9.17, 15) is 4.79 Å². The fourth-order valence-electron chi connectivity index (χ4n) is 2.92. The zero-order valence-corrected chi connectivity index (χ0v) is 11.3. The van der Waals surface area contributed by atoms with Gasteiger partial charge in [0.1, 0.15) is 6.26 Å². The van der Waals surface area contributed by atoms with E-state index in [0.717, 1.165) is 30.9 Å². The molecule has 106 valence electrons. The lowest BCUT2D eigenvalue weighted by molar-refractivity contribution is 0.0728. The van der Waals surface area contributed by atoms with Gasteiger partial charge in [0.2, 0.25) is 0 Å². The molecule has 1 fully saturated rings. The molecule has 0 aliphatic carbocycles. The van der Waals surface area contributed by atoms with Gasteiger partial charge in [-0.1, -0.05) is 6.07 Å². The first-order chi connectivity index (χ1) is 10.3. The number of amides is 1. The highest BCUT2D eigenvalue weighted by atomic mass is 16.3. The number of carbonyl (C=O) groups is 1. The van der Waals surface area contributed by atoms with Crippen molar-refractivity contribution in [2.45, 2.75) is 18.9 Å². The highest BCUT2D eigenvalue weighted by Crippen LogP contribution is 2.32. The van der Waals surface area contributed by atoms with Crippen molar-refractivity contribution >= 4 is 11.6 Å². The molecule has 0 bridgehead atoms. The average molecular weight is 282 g/mol. The molecule has 0 N–H and O–H groups in total. The number of nitrogens with zero attached hydrogens (tertiary/aromatic N) is 4. The van der Waals surface area contributed by atoms with Crippen molar-refractivity contribution in [2.24, 2.45) is 0 Å². The van der Waals surface area contributed by atoms with Crippen molar-refractivity contribution in [3.05, 3.63) is 54.4 Å². The van der Waals surface area contributed by atoms with Gasteiger partial charge in [-0.3, -0.25) is 9.20 Å². The van der Waals surface area contributed by atoms with Gasteiger partial charge in [0.15, 0.2) is 11.5 Å². The Kier molecular flexibility index (Phi) is 2.73. The van der Waals surface area contributed by atoms with Crippen LogP contribution in [0.2, 0.25) is 0 Å². The normalized spacial score (nSPS) is 18.5. The molecule has 0 unspecified atom stereocenters. The monoisotopic (exact) mass is 282 g/mol. The first kappa shape index (κ1) is 12.1. The molecule has 6 heteroatoms. The van der Waals surface area contributed by atoms with E-state index < -0.39 is 0 Å². The second kappa shape index (κ2) is 4.73. The predicted molar refractivity (Wildman–Crippen MR) is 74.7 cm³/mol. The van der Waals surface area contributed by atoms with Gasteiger partial charge < -0.3 is 9.32 Å². The SMILES string of the molecule is O=C(c1ccoc1)N1CCC[C@H]1c1nnc2ccccn12. The third kappa shape index (κ3) is 1.91. The van der Waals surface area contributed by atoms with Crippen LogP contribution in [0.1, 0.15) is 35.1 Å². The van der Waals surface area contributed by atoms with Crippen LogP contribution in [0.3, 0.4) is 0 Å². The van der Waals surface area contributed by atoms with Gasteiger partial charge in [-0.15, -0.1) is 10.2 Å². The van der Waals surface area contributed by atoms with E-state index in [0.29, 0.717) is 5.56 Å². The second-order valence-corrected chi connectivity index (χ2v) is 5.16. The molecule has 0 aromatic carbocycles. The molecule has 1 aliphatic rings. The predicted octanol–water partition coefficient (Wildman–Crippen LogP) is 2.30. The smallest absolute Gasteiger partial charge is 0.257 e. The third-order valence-corrected chi connectivity index (χ3v) is 3.92. The Hall–Kier alpha value is -2.63. The number of rotatable bonds is 2. The lowest BCUT2D eigenvalue weighted by atomic mass is 10.2. The van der Waals surface area contributed by atoms with Crippen LogP contribution in [0, 0.1) is 0 Å². The van der Waals surface area contributed by atoms with Crippen molar-refractivity contribution in [1.82, 2.24) is 19.5 Å². The maximum absolute atomic E-state index is 12.6. The molecule has 0 radical (unpaired) electrons. The number of likely N-dealkylation sites (tertiary alicyclic amines) is 1. The van der Waals surface area contributed by atoms with E-state index in [1.165, 1.54) is 12.5 Å². The minimum Gasteiger partial charge on any atom is -0.472 e. The van der Waals surface area contributed by atoms with Crippen molar-refractivity contribution in [3.63, 3.8) is 0 Å². The molecule has 1 atom stereocenters. The molecular formula is C15H14N4O2. The van der Waals surface area contributed by atoms with Crippen LogP contribution in [-0.2, 0) is 0 Å². The Morgan fingerprint density at radius 3 is 3.10 bits per heavy atom. The van der Waals surface area contributed by atoms with Gasteiger partial charge in [0.25, 0.3) is 5.91 Å². The number of pyridine rings is 1. The Bertz CT molecular complexity index is 778. The van der Waals surface area contributed by atoms with Crippen LogP contribution in [0.4, 0.5) is 0 Å². The number of hydrogen-bond donors (Lipinski definition) is 0. The van der Waals surface area contributed by atoms with Gasteiger partial charge in [-0.05, 0) is 31.0 Å². The number of aromatic nitrogens is 3. The first-order valence-corrected chi connectivity index (χ1v) is 6.97. The Labute approximate surface area is 121 Å². The summed E-state index contributed by atoms with van der Waals surface area (Å²) in [5.74, 6) is 0.805. The highest BCUT2D eigenvalue weighted by molar-refractivity contribution is 5.94. The van der Waals surface area contributed by atoms with Gasteiger partial charge in [-0.2, -0.15) is 0 Å². The maximum Gasteiger partial charge on any atom is 0.257 e. The standard InChI is InChI=1S/C15H14N4O2/c20-15(11-6-9-21-10-11)18-8-3-4-12(18)14-17-16-13-5-1-2-7-19(13)14/h1-2,5-7,9-10,12H,3-4,8H2/t12-/m0/s1. The van der Waals surface area contributed by atoms with E-state index >= 15 is 0 Å². The molecular weight excluding hydrogens is 268 g/mol. The summed E-state index contributed by atoms with van der Waals surface area (Å²) < 4.78 is 6.96. The summed E-state index contributed by atoms with van der Waals surface area (Å²) >= 11 is 0. The minimum atomic E-state index is -0.0372. The van der Waals surface area contributed by atoms with Gasteiger partial charge >= 0.3 is 0 Å². The Morgan fingerprint density at radius 2 is 2.24 bits per heavy atom. The summed E-state index contributed by atoms with van der Waals surface area (Å²) in [6.45, 7) is 0.733. The number of fused-ring (bicyclic) bond motifs is 1. The van der Waals surface area contributed by atoms with Crippen molar-refractivity contribution in [2.75, 3.05) is 6.54 Å². The van der Waals surface area contributed by atoms with E-state index in [2.05, 4.69) is 10.2 Å².